The highest BCUT2D eigenvalue weighted by atomic mass is 19.1. The number of rotatable bonds is 6. The Balaban J connectivity index is 1.45. The Morgan fingerprint density at radius 3 is 2.70 bits per heavy atom. The lowest BCUT2D eigenvalue weighted by molar-refractivity contribution is -0.121. The Morgan fingerprint density at radius 1 is 1.07 bits per heavy atom. The van der Waals surface area contributed by atoms with Crippen LogP contribution in [0, 0.1) is 5.82 Å². The molecule has 1 aliphatic rings. The summed E-state index contributed by atoms with van der Waals surface area (Å²) in [6.07, 6.45) is 0. The van der Waals surface area contributed by atoms with E-state index in [1.54, 1.807) is 23.1 Å². The predicted octanol–water partition coefficient (Wildman–Crippen LogP) is 3.88. The fourth-order valence-electron chi connectivity index (χ4n) is 3.13. The minimum atomic E-state index is -0.483. The van der Waals surface area contributed by atoms with E-state index in [4.69, 9.17) is 9.47 Å². The van der Waals surface area contributed by atoms with Crippen LogP contribution in [0.2, 0.25) is 0 Å². The van der Waals surface area contributed by atoms with Crippen LogP contribution in [0.5, 0.6) is 11.5 Å². The monoisotopic (exact) mass is 406 g/mol. The molecule has 2 amide bonds. The van der Waals surface area contributed by atoms with Crippen molar-refractivity contribution in [1.82, 2.24) is 0 Å². The molecule has 4 rings (SSSR count). The van der Waals surface area contributed by atoms with Crippen LogP contribution in [0.15, 0.2) is 72.8 Å². The maximum atomic E-state index is 13.3. The standard InChI is InChI=1S/C23H19FN2O4/c24-17-6-4-5-16(13-17)23(28)25-18-9-10-20-21(14-18)30-15-22(27)26(20)11-12-29-19-7-2-1-3-8-19/h1-10,13-14H,11-12,15H2,(H,25,28). The van der Waals surface area contributed by atoms with Gasteiger partial charge >= 0.3 is 0 Å². The Labute approximate surface area is 172 Å². The van der Waals surface area contributed by atoms with Gasteiger partial charge in [0.15, 0.2) is 6.61 Å². The molecule has 0 spiro atoms. The van der Waals surface area contributed by atoms with Gasteiger partial charge in [-0.2, -0.15) is 0 Å². The fraction of sp³-hybridized carbons (Fsp3) is 0.130. The lowest BCUT2D eigenvalue weighted by Gasteiger charge is -2.29. The van der Waals surface area contributed by atoms with Crippen molar-refractivity contribution in [3.63, 3.8) is 0 Å². The van der Waals surface area contributed by atoms with Crippen molar-refractivity contribution in [2.24, 2.45) is 0 Å². The second-order valence-electron chi connectivity index (χ2n) is 6.64. The van der Waals surface area contributed by atoms with Gasteiger partial charge in [-0.15, -0.1) is 0 Å². The van der Waals surface area contributed by atoms with Crippen molar-refractivity contribution < 1.29 is 23.5 Å². The van der Waals surface area contributed by atoms with Crippen molar-refractivity contribution in [2.45, 2.75) is 0 Å². The van der Waals surface area contributed by atoms with Crippen molar-refractivity contribution in [3.8, 4) is 11.5 Å². The summed E-state index contributed by atoms with van der Waals surface area (Å²) >= 11 is 0. The molecule has 0 radical (unpaired) electrons. The zero-order chi connectivity index (χ0) is 20.9. The third-order valence-electron chi connectivity index (χ3n) is 4.57. The van der Waals surface area contributed by atoms with E-state index in [0.29, 0.717) is 30.3 Å². The topological polar surface area (TPSA) is 67.9 Å². The van der Waals surface area contributed by atoms with E-state index in [1.165, 1.54) is 18.2 Å². The first-order chi connectivity index (χ1) is 14.6. The first-order valence-corrected chi connectivity index (χ1v) is 9.42. The number of hydrogen-bond donors (Lipinski definition) is 1. The van der Waals surface area contributed by atoms with Crippen LogP contribution in [0.25, 0.3) is 0 Å². The number of anilines is 2. The number of halogens is 1. The largest absolute Gasteiger partial charge is 0.492 e. The molecule has 1 N–H and O–H groups in total. The van der Waals surface area contributed by atoms with Crippen molar-refractivity contribution >= 4 is 23.2 Å². The summed E-state index contributed by atoms with van der Waals surface area (Å²) in [5, 5.41) is 2.71. The molecule has 0 bridgehead atoms. The van der Waals surface area contributed by atoms with E-state index >= 15 is 0 Å². The number of fused-ring (bicyclic) bond motifs is 1. The van der Waals surface area contributed by atoms with Gasteiger partial charge in [0.05, 0.1) is 12.2 Å². The molecule has 152 valence electrons. The van der Waals surface area contributed by atoms with Crippen LogP contribution in [-0.2, 0) is 4.79 Å². The van der Waals surface area contributed by atoms with E-state index in [0.717, 1.165) is 11.8 Å². The van der Waals surface area contributed by atoms with Gasteiger partial charge in [-0.05, 0) is 42.5 Å². The molecule has 1 aliphatic heterocycles. The van der Waals surface area contributed by atoms with E-state index in [9.17, 15) is 14.0 Å². The molecule has 7 heteroatoms. The zero-order valence-corrected chi connectivity index (χ0v) is 16.0. The van der Waals surface area contributed by atoms with Gasteiger partial charge in [0.2, 0.25) is 0 Å². The minimum Gasteiger partial charge on any atom is -0.492 e. The maximum absolute atomic E-state index is 13.3. The van der Waals surface area contributed by atoms with Crippen LogP contribution in [-0.4, -0.2) is 31.6 Å². The summed E-state index contributed by atoms with van der Waals surface area (Å²) in [5.74, 6) is 0.119. The first-order valence-electron chi connectivity index (χ1n) is 9.42. The lowest BCUT2D eigenvalue weighted by atomic mass is 10.1. The van der Waals surface area contributed by atoms with Gasteiger partial charge in [0.1, 0.15) is 23.9 Å². The molecule has 0 aromatic heterocycles. The van der Waals surface area contributed by atoms with Gasteiger partial charge in [-0.1, -0.05) is 24.3 Å². The highest BCUT2D eigenvalue weighted by Gasteiger charge is 2.26. The molecule has 0 unspecified atom stereocenters. The van der Waals surface area contributed by atoms with Crippen LogP contribution in [0.4, 0.5) is 15.8 Å². The number of ether oxygens (including phenoxy) is 2. The third kappa shape index (κ3) is 4.41. The first kappa shape index (κ1) is 19.4. The summed E-state index contributed by atoms with van der Waals surface area (Å²) in [5.41, 5.74) is 1.30. The SMILES string of the molecule is O=C(Nc1ccc2c(c1)OCC(=O)N2CCOc1ccccc1)c1cccc(F)c1. The molecule has 0 saturated carbocycles. The molecular formula is C23H19FN2O4. The normalized spacial score (nSPS) is 12.7. The molecule has 3 aromatic carbocycles. The van der Waals surface area contributed by atoms with Gasteiger partial charge in [0, 0.05) is 17.3 Å². The Kier molecular flexibility index (Phi) is 5.61. The number of benzene rings is 3. The predicted molar refractivity (Wildman–Crippen MR) is 111 cm³/mol. The van der Waals surface area contributed by atoms with Crippen LogP contribution >= 0.6 is 0 Å². The van der Waals surface area contributed by atoms with Gasteiger partial charge in [-0.3, -0.25) is 9.59 Å². The van der Waals surface area contributed by atoms with E-state index in [2.05, 4.69) is 5.32 Å². The second-order valence-corrected chi connectivity index (χ2v) is 6.64. The number of para-hydroxylation sites is 1. The quantitative estimate of drug-likeness (QED) is 0.675. The molecule has 0 aliphatic carbocycles. The van der Waals surface area contributed by atoms with E-state index in [-0.39, 0.29) is 18.1 Å². The second kappa shape index (κ2) is 8.65. The van der Waals surface area contributed by atoms with Gasteiger partial charge in [-0.25, -0.2) is 4.39 Å². The van der Waals surface area contributed by atoms with Crippen LogP contribution in [0.3, 0.4) is 0 Å². The van der Waals surface area contributed by atoms with Crippen molar-refractivity contribution in [3.05, 3.63) is 84.2 Å². The van der Waals surface area contributed by atoms with E-state index in [1.807, 2.05) is 30.3 Å². The van der Waals surface area contributed by atoms with Crippen LogP contribution < -0.4 is 19.7 Å². The Morgan fingerprint density at radius 2 is 1.90 bits per heavy atom. The minimum absolute atomic E-state index is 0.0976. The van der Waals surface area contributed by atoms with Crippen LogP contribution in [0.1, 0.15) is 10.4 Å². The number of hydrogen-bond acceptors (Lipinski definition) is 4. The molecule has 0 saturated heterocycles. The number of carbonyl (C=O) groups is 2. The third-order valence-corrected chi connectivity index (χ3v) is 4.57. The molecule has 30 heavy (non-hydrogen) atoms. The lowest BCUT2D eigenvalue weighted by Crippen LogP contribution is -2.41. The molecular weight excluding hydrogens is 387 g/mol. The highest BCUT2D eigenvalue weighted by molar-refractivity contribution is 6.05. The summed E-state index contributed by atoms with van der Waals surface area (Å²) in [6.45, 7) is 0.589. The van der Waals surface area contributed by atoms with Crippen molar-refractivity contribution in [1.29, 1.82) is 0 Å². The maximum Gasteiger partial charge on any atom is 0.265 e. The number of nitrogens with zero attached hydrogens (tertiary/aromatic N) is 1. The molecule has 0 fully saturated rings. The van der Waals surface area contributed by atoms with Crippen molar-refractivity contribution in [2.75, 3.05) is 30.0 Å². The Bertz CT molecular complexity index is 1070. The fourth-order valence-corrected chi connectivity index (χ4v) is 3.13. The summed E-state index contributed by atoms with van der Waals surface area (Å²) in [4.78, 5) is 26.2. The molecule has 1 heterocycles. The number of amides is 2. The van der Waals surface area contributed by atoms with E-state index < -0.39 is 11.7 Å². The molecule has 3 aromatic rings. The smallest absolute Gasteiger partial charge is 0.265 e. The summed E-state index contributed by atoms with van der Waals surface area (Å²) < 4.78 is 24.6. The average molecular weight is 406 g/mol. The van der Waals surface area contributed by atoms with Gasteiger partial charge < -0.3 is 19.7 Å². The number of carbonyl (C=O) groups excluding carboxylic acids is 2. The molecule has 6 nitrogen and oxygen atoms in total. The summed E-state index contributed by atoms with van der Waals surface area (Å²) in [6, 6.07) is 19.8. The number of nitrogens with one attached hydrogen (secondary N) is 1. The highest BCUT2D eigenvalue weighted by Crippen LogP contribution is 2.34. The average Bonchev–Trinajstić information content (AvgIpc) is 2.76. The molecule has 0 atom stereocenters. The zero-order valence-electron chi connectivity index (χ0n) is 16.0. The Hall–Kier alpha value is -3.87. The summed E-state index contributed by atoms with van der Waals surface area (Å²) in [7, 11) is 0. The van der Waals surface area contributed by atoms with Gasteiger partial charge in [0.25, 0.3) is 11.8 Å².